The van der Waals surface area contributed by atoms with Crippen LogP contribution in [0, 0.1) is 25.3 Å². The van der Waals surface area contributed by atoms with Crippen molar-refractivity contribution in [2.24, 2.45) is 11.8 Å². The van der Waals surface area contributed by atoms with E-state index in [0.29, 0.717) is 44.7 Å². The first-order chi connectivity index (χ1) is 21.3. The normalized spacial score (nSPS) is 19.6. The standard InChI is InChI=1S/C36H48N6O2/c1-7-33(43)42-20-19-41(23-29(42)22-37-6)35-30-16-18-40(32-15-11-12-27(5)34(32)25(2)3)24-31(30)38-36(39-35)44-21-17-26(4)28-13-9-8-10-14-28/h7,11-12,15,26,28-29H,1-2,8-10,13-14,16-24H2,3-5H3/t26?,29-/m0/s1. The molecule has 0 bridgehead atoms. The molecule has 3 heterocycles. The molecule has 8 heteroatoms. The van der Waals surface area contributed by atoms with Crippen LogP contribution in [0.5, 0.6) is 6.01 Å². The van der Waals surface area contributed by atoms with Crippen LogP contribution in [0.1, 0.15) is 74.8 Å². The van der Waals surface area contributed by atoms with Gasteiger partial charge in [0.2, 0.25) is 12.5 Å². The van der Waals surface area contributed by atoms with Crippen LogP contribution in [-0.2, 0) is 17.8 Å². The number of ether oxygens (including phenoxy) is 1. The molecule has 3 aliphatic rings. The van der Waals surface area contributed by atoms with E-state index in [-0.39, 0.29) is 18.5 Å². The third-order valence-electron chi connectivity index (χ3n) is 9.84. The number of nitrogens with zero attached hydrogens (tertiary/aromatic N) is 6. The lowest BCUT2D eigenvalue weighted by Gasteiger charge is -2.41. The Labute approximate surface area is 263 Å². The predicted molar refractivity (Wildman–Crippen MR) is 178 cm³/mol. The predicted octanol–water partition coefficient (Wildman–Crippen LogP) is 6.49. The minimum atomic E-state index is -0.219. The van der Waals surface area contributed by atoms with Gasteiger partial charge in [0, 0.05) is 43.0 Å². The fourth-order valence-electron chi connectivity index (χ4n) is 7.38. The topological polar surface area (TPSA) is 66.2 Å². The van der Waals surface area contributed by atoms with Gasteiger partial charge >= 0.3 is 6.01 Å². The SMILES string of the molecule is [C-]#[N+]C[C@H]1CN(c2nc(OCCC(C)C3CCCCC3)nc3c2CCN(c2cccc(C)c2C(=C)C)C3)CCN1C(=O)C=C. The van der Waals surface area contributed by atoms with Gasteiger partial charge in [-0.3, -0.25) is 4.79 Å². The van der Waals surface area contributed by atoms with Crippen molar-refractivity contribution in [3.8, 4) is 6.01 Å². The van der Waals surface area contributed by atoms with Gasteiger partial charge in [-0.25, -0.2) is 6.57 Å². The molecule has 1 aromatic carbocycles. The molecule has 2 aliphatic heterocycles. The number of anilines is 2. The molecule has 0 radical (unpaired) electrons. The molecule has 1 aliphatic carbocycles. The molecule has 1 aromatic heterocycles. The summed E-state index contributed by atoms with van der Waals surface area (Å²) in [6, 6.07) is 6.64. The quantitative estimate of drug-likeness (QED) is 0.231. The fourth-order valence-corrected chi connectivity index (χ4v) is 7.38. The lowest BCUT2D eigenvalue weighted by Crippen LogP contribution is -2.56. The number of rotatable bonds is 10. The summed E-state index contributed by atoms with van der Waals surface area (Å²) in [6.45, 7) is 26.1. The summed E-state index contributed by atoms with van der Waals surface area (Å²) in [6.07, 6.45) is 9.85. The number of fused-ring (bicyclic) bond motifs is 1. The van der Waals surface area contributed by atoms with Crippen molar-refractivity contribution in [1.82, 2.24) is 14.9 Å². The summed E-state index contributed by atoms with van der Waals surface area (Å²) in [5.41, 5.74) is 6.78. The average Bonchev–Trinajstić information content (AvgIpc) is 3.04. The van der Waals surface area contributed by atoms with Crippen LogP contribution < -0.4 is 14.5 Å². The number of amides is 1. The van der Waals surface area contributed by atoms with Gasteiger partial charge in [0.15, 0.2) is 0 Å². The molecule has 0 spiro atoms. The lowest BCUT2D eigenvalue weighted by atomic mass is 9.80. The summed E-state index contributed by atoms with van der Waals surface area (Å²) >= 11 is 0. The molecule has 8 nitrogen and oxygen atoms in total. The monoisotopic (exact) mass is 596 g/mol. The minimum Gasteiger partial charge on any atom is -0.463 e. The number of carbonyl (C=O) groups is 1. The summed E-state index contributed by atoms with van der Waals surface area (Å²) in [7, 11) is 0. The third kappa shape index (κ3) is 6.93. The number of hydrogen-bond donors (Lipinski definition) is 0. The van der Waals surface area contributed by atoms with Gasteiger partial charge in [-0.2, -0.15) is 9.97 Å². The Balaban J connectivity index is 1.42. The lowest BCUT2D eigenvalue weighted by molar-refractivity contribution is -0.128. The Morgan fingerprint density at radius 3 is 2.70 bits per heavy atom. The highest BCUT2D eigenvalue weighted by molar-refractivity contribution is 5.87. The summed E-state index contributed by atoms with van der Waals surface area (Å²) in [5, 5.41) is 0. The molecule has 44 heavy (non-hydrogen) atoms. The first-order valence-corrected chi connectivity index (χ1v) is 16.3. The van der Waals surface area contributed by atoms with Crippen molar-refractivity contribution in [3.05, 3.63) is 71.2 Å². The molecule has 234 valence electrons. The number of carbonyl (C=O) groups excluding carboxylic acids is 1. The second-order valence-electron chi connectivity index (χ2n) is 12.9. The van der Waals surface area contributed by atoms with Gasteiger partial charge in [0.05, 0.1) is 18.8 Å². The van der Waals surface area contributed by atoms with E-state index < -0.39 is 0 Å². The maximum absolute atomic E-state index is 12.6. The van der Waals surface area contributed by atoms with Crippen molar-refractivity contribution in [2.75, 3.05) is 49.1 Å². The van der Waals surface area contributed by atoms with Crippen LogP contribution in [0.4, 0.5) is 11.5 Å². The Morgan fingerprint density at radius 1 is 1.18 bits per heavy atom. The van der Waals surface area contributed by atoms with E-state index in [9.17, 15) is 4.79 Å². The molecular weight excluding hydrogens is 548 g/mol. The zero-order valence-corrected chi connectivity index (χ0v) is 26.9. The zero-order valence-electron chi connectivity index (χ0n) is 26.9. The highest BCUT2D eigenvalue weighted by atomic mass is 16.5. The highest BCUT2D eigenvalue weighted by Gasteiger charge is 2.35. The molecule has 2 aromatic rings. The molecule has 1 unspecified atom stereocenters. The van der Waals surface area contributed by atoms with Crippen LogP contribution in [0.2, 0.25) is 0 Å². The van der Waals surface area contributed by atoms with Gasteiger partial charge in [0.25, 0.3) is 0 Å². The van der Waals surface area contributed by atoms with Crippen LogP contribution in [0.25, 0.3) is 10.4 Å². The number of aromatic nitrogens is 2. The number of allylic oxidation sites excluding steroid dienone is 1. The summed E-state index contributed by atoms with van der Waals surface area (Å²) in [5.74, 6) is 2.16. The van der Waals surface area contributed by atoms with E-state index in [2.05, 4.69) is 66.8 Å². The number of piperazine rings is 1. The van der Waals surface area contributed by atoms with Gasteiger partial charge in [-0.1, -0.05) is 64.3 Å². The van der Waals surface area contributed by atoms with Crippen molar-refractivity contribution in [1.29, 1.82) is 0 Å². The number of hydrogen-bond acceptors (Lipinski definition) is 6. The maximum atomic E-state index is 12.6. The van der Waals surface area contributed by atoms with Gasteiger partial charge in [0.1, 0.15) is 11.9 Å². The third-order valence-corrected chi connectivity index (χ3v) is 9.84. The van der Waals surface area contributed by atoms with Crippen molar-refractivity contribution < 1.29 is 9.53 Å². The van der Waals surface area contributed by atoms with Crippen molar-refractivity contribution >= 4 is 23.0 Å². The minimum absolute atomic E-state index is 0.124. The molecule has 1 saturated heterocycles. The fraction of sp³-hybridized carbons (Fsp3) is 0.556. The van der Waals surface area contributed by atoms with Gasteiger partial charge < -0.3 is 24.3 Å². The van der Waals surface area contributed by atoms with E-state index in [0.717, 1.165) is 48.0 Å². The molecular formula is C36H48N6O2. The zero-order chi connectivity index (χ0) is 31.2. The Morgan fingerprint density at radius 2 is 1.98 bits per heavy atom. The van der Waals surface area contributed by atoms with Gasteiger partial charge in [-0.15, -0.1) is 0 Å². The molecule has 1 saturated carbocycles. The molecule has 2 fully saturated rings. The maximum Gasteiger partial charge on any atom is 0.318 e. The van der Waals surface area contributed by atoms with Crippen LogP contribution in [0.15, 0.2) is 37.4 Å². The molecule has 5 rings (SSSR count). The smallest absolute Gasteiger partial charge is 0.318 e. The number of aryl methyl sites for hydroxylation is 1. The highest BCUT2D eigenvalue weighted by Crippen LogP contribution is 2.36. The summed E-state index contributed by atoms with van der Waals surface area (Å²) in [4.78, 5) is 32.7. The van der Waals surface area contributed by atoms with Crippen LogP contribution >= 0.6 is 0 Å². The van der Waals surface area contributed by atoms with E-state index >= 15 is 0 Å². The largest absolute Gasteiger partial charge is 0.463 e. The molecule has 1 amide bonds. The van der Waals surface area contributed by atoms with E-state index in [1.54, 1.807) is 4.90 Å². The first kappa shape index (κ1) is 31.6. The Bertz CT molecular complexity index is 1410. The van der Waals surface area contributed by atoms with Gasteiger partial charge in [-0.05, 0) is 61.8 Å². The molecule has 0 N–H and O–H groups in total. The van der Waals surface area contributed by atoms with E-state index in [4.69, 9.17) is 21.3 Å². The average molecular weight is 597 g/mol. The van der Waals surface area contributed by atoms with Crippen molar-refractivity contribution in [3.63, 3.8) is 0 Å². The second-order valence-corrected chi connectivity index (χ2v) is 12.9. The van der Waals surface area contributed by atoms with E-state index in [1.165, 1.54) is 55.0 Å². The Kier molecular flexibility index (Phi) is 10.2. The Hall–Kier alpha value is -3.86. The van der Waals surface area contributed by atoms with E-state index in [1.807, 2.05) is 0 Å². The van der Waals surface area contributed by atoms with Crippen molar-refractivity contribution in [2.45, 2.75) is 78.3 Å². The first-order valence-electron chi connectivity index (χ1n) is 16.3. The summed E-state index contributed by atoms with van der Waals surface area (Å²) < 4.78 is 6.33. The van der Waals surface area contributed by atoms with Crippen LogP contribution in [0.3, 0.4) is 0 Å². The number of benzene rings is 1. The second kappa shape index (κ2) is 14.3. The molecule has 2 atom stereocenters. The van der Waals surface area contributed by atoms with Crippen LogP contribution in [-0.4, -0.2) is 66.1 Å².